The number of halogens is 1. The highest BCUT2D eigenvalue weighted by atomic mass is 79.9. The molecular formula is C8H15BrN2. The maximum Gasteiger partial charge on any atom is 0.253 e. The highest BCUT2D eigenvalue weighted by Gasteiger charge is 2.06. The van der Waals surface area contributed by atoms with Crippen molar-refractivity contribution in [3.8, 4) is 0 Å². The average Bonchev–Trinajstić information content (AvgIpc) is 2.30. The molecule has 3 heteroatoms. The molecule has 0 atom stereocenters. The summed E-state index contributed by atoms with van der Waals surface area (Å²) < 4.78 is 4.48. The molecule has 1 rings (SSSR count). The average molecular weight is 219 g/mol. The van der Waals surface area contributed by atoms with Gasteiger partial charge in [-0.15, -0.1) is 0 Å². The lowest BCUT2D eigenvalue weighted by molar-refractivity contribution is -0.699. The van der Waals surface area contributed by atoms with Crippen LogP contribution in [0.15, 0.2) is 12.4 Å². The molecule has 0 radical (unpaired) electrons. The zero-order valence-electron chi connectivity index (χ0n) is 7.34. The molecular weight excluding hydrogens is 204 g/mol. The summed E-state index contributed by atoms with van der Waals surface area (Å²) >= 11 is 0. The van der Waals surface area contributed by atoms with Crippen molar-refractivity contribution >= 4 is 0 Å². The van der Waals surface area contributed by atoms with E-state index in [1.54, 1.807) is 0 Å². The lowest BCUT2D eigenvalue weighted by Gasteiger charge is -1.93. The molecule has 0 saturated heterocycles. The van der Waals surface area contributed by atoms with Gasteiger partial charge >= 0.3 is 0 Å². The molecule has 2 nitrogen and oxygen atoms in total. The van der Waals surface area contributed by atoms with Gasteiger partial charge in [0.2, 0.25) is 0 Å². The summed E-state index contributed by atoms with van der Waals surface area (Å²) in [4.78, 5) is 0. The van der Waals surface area contributed by atoms with E-state index in [-0.39, 0.29) is 17.0 Å². The molecule has 0 bridgehead atoms. The van der Waals surface area contributed by atoms with Gasteiger partial charge in [-0.2, -0.15) is 0 Å². The van der Waals surface area contributed by atoms with Crippen LogP contribution in [0.4, 0.5) is 0 Å². The fraction of sp³-hybridized carbons (Fsp3) is 0.625. The van der Waals surface area contributed by atoms with Crippen LogP contribution in [-0.4, -0.2) is 4.57 Å². The van der Waals surface area contributed by atoms with Crippen LogP contribution in [0.5, 0.6) is 0 Å². The first kappa shape index (κ1) is 10.7. The van der Waals surface area contributed by atoms with Gasteiger partial charge in [-0.05, 0) is 13.8 Å². The molecule has 0 aliphatic carbocycles. The predicted molar refractivity (Wildman–Crippen MR) is 40.7 cm³/mol. The lowest BCUT2D eigenvalue weighted by atomic mass is 10.6. The number of nitrogens with zero attached hydrogens (tertiary/aromatic N) is 2. The summed E-state index contributed by atoms with van der Waals surface area (Å²) in [5.74, 6) is 1.34. The molecule has 64 valence electrons. The molecule has 0 amide bonds. The molecule has 1 aromatic rings. The summed E-state index contributed by atoms with van der Waals surface area (Å²) in [6.45, 7) is 8.60. The highest BCUT2D eigenvalue weighted by Crippen LogP contribution is 1.91. The van der Waals surface area contributed by atoms with Crippen molar-refractivity contribution in [2.45, 2.75) is 33.9 Å². The fourth-order valence-corrected chi connectivity index (χ4v) is 1.21. The van der Waals surface area contributed by atoms with E-state index in [1.165, 1.54) is 5.82 Å². The molecule has 0 aliphatic rings. The smallest absolute Gasteiger partial charge is 0.253 e. The summed E-state index contributed by atoms with van der Waals surface area (Å²) in [5, 5.41) is 0. The Kier molecular flexibility index (Phi) is 4.42. The SMILES string of the molecule is CCn1cc[n+](CC)c1C.[Br-]. The van der Waals surface area contributed by atoms with Gasteiger partial charge in [0.05, 0.1) is 13.1 Å². The molecule has 0 aromatic carbocycles. The Labute approximate surface area is 78.6 Å². The zero-order valence-corrected chi connectivity index (χ0v) is 8.93. The van der Waals surface area contributed by atoms with Gasteiger partial charge in [0.25, 0.3) is 5.82 Å². The van der Waals surface area contributed by atoms with Crippen molar-refractivity contribution in [2.75, 3.05) is 0 Å². The second-order valence-corrected chi connectivity index (χ2v) is 2.42. The molecule has 0 spiro atoms. The van der Waals surface area contributed by atoms with Gasteiger partial charge in [0.1, 0.15) is 12.4 Å². The molecule has 11 heavy (non-hydrogen) atoms. The monoisotopic (exact) mass is 218 g/mol. The van der Waals surface area contributed by atoms with Gasteiger partial charge < -0.3 is 17.0 Å². The summed E-state index contributed by atoms with van der Waals surface area (Å²) in [7, 11) is 0. The Bertz CT molecular complexity index is 196. The van der Waals surface area contributed by atoms with Crippen molar-refractivity contribution in [1.29, 1.82) is 0 Å². The van der Waals surface area contributed by atoms with Crippen LogP contribution in [0.3, 0.4) is 0 Å². The number of aryl methyl sites for hydroxylation is 2. The first-order valence-electron chi connectivity index (χ1n) is 3.84. The minimum Gasteiger partial charge on any atom is -1.00 e. The minimum absolute atomic E-state index is 0. The van der Waals surface area contributed by atoms with Crippen LogP contribution in [0, 0.1) is 6.92 Å². The van der Waals surface area contributed by atoms with E-state index in [0.717, 1.165) is 13.1 Å². The number of aromatic nitrogens is 2. The molecule has 0 fully saturated rings. The Balaban J connectivity index is 0.000001000. The van der Waals surface area contributed by atoms with Crippen LogP contribution in [-0.2, 0) is 13.1 Å². The Morgan fingerprint density at radius 2 is 2.09 bits per heavy atom. The van der Waals surface area contributed by atoms with Gasteiger partial charge in [0, 0.05) is 6.92 Å². The summed E-state index contributed by atoms with van der Waals surface area (Å²) in [6, 6.07) is 0. The van der Waals surface area contributed by atoms with Crippen LogP contribution in [0.25, 0.3) is 0 Å². The molecule has 1 aromatic heterocycles. The maximum absolute atomic E-state index is 2.24. The van der Waals surface area contributed by atoms with Crippen LogP contribution in [0.2, 0.25) is 0 Å². The first-order valence-corrected chi connectivity index (χ1v) is 3.84. The van der Waals surface area contributed by atoms with Gasteiger partial charge in [-0.25, -0.2) is 9.13 Å². The van der Waals surface area contributed by atoms with Crippen molar-refractivity contribution in [3.63, 3.8) is 0 Å². The number of imidazole rings is 1. The largest absolute Gasteiger partial charge is 1.00 e. The Morgan fingerprint density at radius 1 is 1.45 bits per heavy atom. The Hall–Kier alpha value is -0.310. The third-order valence-corrected chi connectivity index (χ3v) is 1.94. The van der Waals surface area contributed by atoms with E-state index in [2.05, 4.69) is 42.3 Å². The fourth-order valence-electron chi connectivity index (χ4n) is 1.21. The molecule has 1 heterocycles. The maximum atomic E-state index is 2.24. The van der Waals surface area contributed by atoms with Crippen molar-refractivity contribution in [3.05, 3.63) is 18.2 Å². The predicted octanol–water partition coefficient (Wildman–Crippen LogP) is -1.87. The van der Waals surface area contributed by atoms with Gasteiger partial charge in [-0.1, -0.05) is 0 Å². The van der Waals surface area contributed by atoms with Crippen molar-refractivity contribution < 1.29 is 21.5 Å². The lowest BCUT2D eigenvalue weighted by Crippen LogP contribution is -3.00. The van der Waals surface area contributed by atoms with Crippen LogP contribution in [0.1, 0.15) is 19.7 Å². The molecule has 0 unspecified atom stereocenters. The van der Waals surface area contributed by atoms with Crippen molar-refractivity contribution in [2.24, 2.45) is 0 Å². The van der Waals surface area contributed by atoms with Gasteiger partial charge in [0.15, 0.2) is 0 Å². The third kappa shape index (κ3) is 2.06. The summed E-state index contributed by atoms with van der Waals surface area (Å²) in [5.41, 5.74) is 0. The van der Waals surface area contributed by atoms with E-state index < -0.39 is 0 Å². The molecule has 0 aliphatic heterocycles. The standard InChI is InChI=1S/C8H15N2.BrH/c1-4-9-6-7-10(5-2)8(9)3;/h6-7H,4-5H2,1-3H3;1H/q+1;/p-1. The quantitative estimate of drug-likeness (QED) is 0.515. The second-order valence-electron chi connectivity index (χ2n) is 2.42. The van der Waals surface area contributed by atoms with E-state index in [0.29, 0.717) is 0 Å². The zero-order chi connectivity index (χ0) is 7.56. The number of rotatable bonds is 2. The van der Waals surface area contributed by atoms with E-state index >= 15 is 0 Å². The molecule has 0 N–H and O–H groups in total. The minimum atomic E-state index is 0. The molecule has 0 saturated carbocycles. The van der Waals surface area contributed by atoms with Crippen LogP contribution >= 0.6 is 0 Å². The first-order chi connectivity index (χ1) is 4.79. The van der Waals surface area contributed by atoms with E-state index in [4.69, 9.17) is 0 Å². The third-order valence-electron chi connectivity index (χ3n) is 1.94. The van der Waals surface area contributed by atoms with Gasteiger partial charge in [-0.3, -0.25) is 0 Å². The number of hydrogen-bond donors (Lipinski definition) is 0. The highest BCUT2D eigenvalue weighted by molar-refractivity contribution is 4.78. The number of hydrogen-bond acceptors (Lipinski definition) is 0. The van der Waals surface area contributed by atoms with E-state index in [9.17, 15) is 0 Å². The normalized spacial score (nSPS) is 9.36. The van der Waals surface area contributed by atoms with Crippen LogP contribution < -0.4 is 21.5 Å². The summed E-state index contributed by atoms with van der Waals surface area (Å²) in [6.07, 6.45) is 4.25. The van der Waals surface area contributed by atoms with E-state index in [1.807, 2.05) is 0 Å². The second kappa shape index (κ2) is 4.54. The topological polar surface area (TPSA) is 8.81 Å². The Morgan fingerprint density at radius 3 is 2.36 bits per heavy atom. The van der Waals surface area contributed by atoms with Crippen molar-refractivity contribution in [1.82, 2.24) is 4.57 Å².